The van der Waals surface area contributed by atoms with Gasteiger partial charge in [0.2, 0.25) is 0 Å². The van der Waals surface area contributed by atoms with Gasteiger partial charge in [-0.05, 0) is 34.9 Å². The summed E-state index contributed by atoms with van der Waals surface area (Å²) in [6.07, 6.45) is 2.11. The van der Waals surface area contributed by atoms with Gasteiger partial charge in [-0.25, -0.2) is 9.69 Å². The average Bonchev–Trinajstić information content (AvgIpc) is 2.78. The van der Waals surface area contributed by atoms with Gasteiger partial charge in [0.1, 0.15) is 0 Å². The van der Waals surface area contributed by atoms with E-state index in [2.05, 4.69) is 4.98 Å². The number of fused-ring (bicyclic) bond motifs is 1. The van der Waals surface area contributed by atoms with Gasteiger partial charge in [-0.2, -0.15) is 0 Å². The van der Waals surface area contributed by atoms with Crippen LogP contribution in [0.15, 0.2) is 42.7 Å². The molecule has 2 aromatic rings. The molecule has 1 aromatic heterocycles. The maximum atomic E-state index is 12.0. The molecule has 0 aliphatic carbocycles. The number of aromatic nitrogens is 1. The number of rotatable bonds is 1. The van der Waals surface area contributed by atoms with Crippen LogP contribution < -0.4 is 0 Å². The molecule has 1 aliphatic rings. The van der Waals surface area contributed by atoms with Gasteiger partial charge in [-0.3, -0.25) is 9.78 Å². The van der Waals surface area contributed by atoms with E-state index >= 15 is 0 Å². The molecule has 0 spiro atoms. The molecule has 0 bridgehead atoms. The van der Waals surface area contributed by atoms with Crippen molar-refractivity contribution in [2.45, 2.75) is 6.54 Å². The molecule has 94 valence electrons. The normalized spacial score (nSPS) is 13.5. The quantitative estimate of drug-likeness (QED) is 0.848. The minimum atomic E-state index is -1.22. The van der Waals surface area contributed by atoms with Crippen molar-refractivity contribution in [2.24, 2.45) is 0 Å². The van der Waals surface area contributed by atoms with Gasteiger partial charge in [0.25, 0.3) is 5.91 Å². The largest absolute Gasteiger partial charge is 0.465 e. The molecule has 1 aliphatic heterocycles. The lowest BCUT2D eigenvalue weighted by Crippen LogP contribution is -2.29. The van der Waals surface area contributed by atoms with Crippen LogP contribution in [-0.4, -0.2) is 27.0 Å². The number of carbonyl (C=O) groups is 2. The highest BCUT2D eigenvalue weighted by molar-refractivity contribution is 6.07. The van der Waals surface area contributed by atoms with Crippen LogP contribution in [-0.2, 0) is 6.54 Å². The minimum Gasteiger partial charge on any atom is -0.465 e. The molecule has 0 saturated carbocycles. The van der Waals surface area contributed by atoms with Gasteiger partial charge in [0.05, 0.1) is 6.54 Å². The number of carboxylic acid groups (broad SMARTS) is 1. The highest BCUT2D eigenvalue weighted by Crippen LogP contribution is 2.32. The summed E-state index contributed by atoms with van der Waals surface area (Å²) >= 11 is 0. The Hall–Kier alpha value is -2.69. The van der Waals surface area contributed by atoms with E-state index in [4.69, 9.17) is 5.11 Å². The summed E-state index contributed by atoms with van der Waals surface area (Å²) < 4.78 is 0. The lowest BCUT2D eigenvalue weighted by molar-refractivity contribution is 0.0764. The molecule has 5 nitrogen and oxygen atoms in total. The van der Waals surface area contributed by atoms with E-state index in [1.54, 1.807) is 24.5 Å². The van der Waals surface area contributed by atoms with Crippen LogP contribution in [0.4, 0.5) is 4.79 Å². The Balaban J connectivity index is 2.14. The summed E-state index contributed by atoms with van der Waals surface area (Å²) in [6, 6.07) is 8.98. The van der Waals surface area contributed by atoms with Gasteiger partial charge in [0, 0.05) is 18.0 Å². The minimum absolute atomic E-state index is 0.0992. The first kappa shape index (κ1) is 11.4. The van der Waals surface area contributed by atoms with Gasteiger partial charge < -0.3 is 5.11 Å². The standard InChI is InChI=1S/C14H10N2O3/c17-13-11-3-1-2-10(9-4-6-15-7-5-9)12(11)8-16(13)14(18)19/h1-7H,8H2,(H,18,19). The Labute approximate surface area is 109 Å². The zero-order valence-electron chi connectivity index (χ0n) is 9.91. The van der Waals surface area contributed by atoms with Crippen LogP contribution in [0.5, 0.6) is 0 Å². The molecule has 0 radical (unpaired) electrons. The Bertz CT molecular complexity index is 668. The number of carbonyl (C=O) groups excluding carboxylic acids is 1. The third kappa shape index (κ3) is 1.76. The first-order valence-corrected chi connectivity index (χ1v) is 5.75. The summed E-state index contributed by atoms with van der Waals surface area (Å²) in [5.41, 5.74) is 3.00. The summed E-state index contributed by atoms with van der Waals surface area (Å²) in [7, 11) is 0. The van der Waals surface area contributed by atoms with Crippen molar-refractivity contribution in [1.82, 2.24) is 9.88 Å². The molecule has 1 aromatic carbocycles. The van der Waals surface area contributed by atoms with E-state index in [0.717, 1.165) is 21.6 Å². The van der Waals surface area contributed by atoms with E-state index in [1.165, 1.54) is 0 Å². The third-order valence-corrected chi connectivity index (χ3v) is 3.19. The number of nitrogens with zero attached hydrogens (tertiary/aromatic N) is 2. The lowest BCUT2D eigenvalue weighted by atomic mass is 9.98. The highest BCUT2D eigenvalue weighted by Gasteiger charge is 2.33. The predicted molar refractivity (Wildman–Crippen MR) is 67.6 cm³/mol. The van der Waals surface area contributed by atoms with E-state index in [9.17, 15) is 9.59 Å². The van der Waals surface area contributed by atoms with Crippen molar-refractivity contribution >= 4 is 12.0 Å². The zero-order valence-corrected chi connectivity index (χ0v) is 9.91. The lowest BCUT2D eigenvalue weighted by Gasteiger charge is -2.08. The molecule has 0 fully saturated rings. The Kier molecular flexibility index (Phi) is 2.52. The first-order valence-electron chi connectivity index (χ1n) is 5.75. The summed E-state index contributed by atoms with van der Waals surface area (Å²) in [5, 5.41) is 9.01. The first-order chi connectivity index (χ1) is 9.18. The molecule has 2 amide bonds. The van der Waals surface area contributed by atoms with Crippen molar-refractivity contribution in [1.29, 1.82) is 0 Å². The van der Waals surface area contributed by atoms with Gasteiger partial charge in [-0.1, -0.05) is 12.1 Å². The number of hydrogen-bond donors (Lipinski definition) is 1. The van der Waals surface area contributed by atoms with Crippen LogP contribution >= 0.6 is 0 Å². The van der Waals surface area contributed by atoms with Crippen molar-refractivity contribution in [3.05, 3.63) is 53.9 Å². The molecule has 1 N–H and O–H groups in total. The second-order valence-corrected chi connectivity index (χ2v) is 4.24. The summed E-state index contributed by atoms with van der Waals surface area (Å²) in [4.78, 5) is 27.8. The van der Waals surface area contributed by atoms with Crippen LogP contribution in [0.2, 0.25) is 0 Å². The highest BCUT2D eigenvalue weighted by atomic mass is 16.4. The zero-order chi connectivity index (χ0) is 13.4. The Morgan fingerprint density at radius 1 is 1.16 bits per heavy atom. The Morgan fingerprint density at radius 2 is 1.84 bits per heavy atom. The fraction of sp³-hybridized carbons (Fsp3) is 0.0714. The van der Waals surface area contributed by atoms with E-state index in [1.807, 2.05) is 18.2 Å². The molecule has 0 saturated heterocycles. The number of hydrogen-bond acceptors (Lipinski definition) is 3. The summed E-state index contributed by atoms with van der Waals surface area (Å²) in [6.45, 7) is 0.0992. The van der Waals surface area contributed by atoms with Crippen molar-refractivity contribution in [2.75, 3.05) is 0 Å². The van der Waals surface area contributed by atoms with E-state index in [-0.39, 0.29) is 6.54 Å². The molecule has 5 heteroatoms. The second-order valence-electron chi connectivity index (χ2n) is 4.24. The smallest absolute Gasteiger partial charge is 0.414 e. The number of benzene rings is 1. The summed E-state index contributed by atoms with van der Waals surface area (Å²) in [5.74, 6) is -0.460. The molecule has 3 rings (SSSR count). The number of imide groups is 1. The maximum absolute atomic E-state index is 12.0. The SMILES string of the molecule is O=C(O)N1Cc2c(cccc2-c2ccncc2)C1=O. The fourth-order valence-corrected chi connectivity index (χ4v) is 2.29. The molecule has 2 heterocycles. The van der Waals surface area contributed by atoms with Crippen LogP contribution in [0.1, 0.15) is 15.9 Å². The third-order valence-electron chi connectivity index (χ3n) is 3.19. The topological polar surface area (TPSA) is 70.5 Å². The predicted octanol–water partition coefficient (Wildman–Crippen LogP) is 2.38. The van der Waals surface area contributed by atoms with E-state index < -0.39 is 12.0 Å². The van der Waals surface area contributed by atoms with Crippen LogP contribution in [0.3, 0.4) is 0 Å². The van der Waals surface area contributed by atoms with Gasteiger partial charge in [0.15, 0.2) is 0 Å². The Morgan fingerprint density at radius 3 is 2.53 bits per heavy atom. The van der Waals surface area contributed by atoms with Gasteiger partial charge >= 0.3 is 6.09 Å². The van der Waals surface area contributed by atoms with Crippen LogP contribution in [0.25, 0.3) is 11.1 Å². The average molecular weight is 254 g/mol. The number of pyridine rings is 1. The maximum Gasteiger partial charge on any atom is 0.414 e. The molecule has 0 unspecified atom stereocenters. The van der Waals surface area contributed by atoms with Crippen molar-refractivity contribution < 1.29 is 14.7 Å². The van der Waals surface area contributed by atoms with E-state index in [0.29, 0.717) is 5.56 Å². The fourth-order valence-electron chi connectivity index (χ4n) is 2.29. The van der Waals surface area contributed by atoms with Gasteiger partial charge in [-0.15, -0.1) is 0 Å². The molecular formula is C14H10N2O3. The second kappa shape index (κ2) is 4.20. The van der Waals surface area contributed by atoms with Crippen molar-refractivity contribution in [3.63, 3.8) is 0 Å². The molecular weight excluding hydrogens is 244 g/mol. The number of amides is 2. The molecule has 0 atom stereocenters. The molecule has 19 heavy (non-hydrogen) atoms. The van der Waals surface area contributed by atoms with Crippen LogP contribution in [0, 0.1) is 0 Å². The van der Waals surface area contributed by atoms with Crippen molar-refractivity contribution in [3.8, 4) is 11.1 Å². The monoisotopic (exact) mass is 254 g/mol.